The molecule has 3 nitrogen and oxygen atoms in total. The Kier molecular flexibility index (Phi) is 7.02. The highest BCUT2D eigenvalue weighted by molar-refractivity contribution is 6.22. The lowest BCUT2D eigenvalue weighted by Crippen LogP contribution is -2.28. The molecule has 0 radical (unpaired) electrons. The van der Waals surface area contributed by atoms with Crippen LogP contribution in [0.2, 0.25) is 0 Å². The van der Waals surface area contributed by atoms with Gasteiger partial charge in [0.25, 0.3) is 0 Å². The topological polar surface area (TPSA) is 43.4 Å². The quantitative estimate of drug-likeness (QED) is 0.540. The maximum Gasteiger partial charge on any atom is 0.314 e. The summed E-state index contributed by atoms with van der Waals surface area (Å²) in [4.78, 5) is 25.8. The summed E-state index contributed by atoms with van der Waals surface area (Å²) < 4.78 is 5.90. The Labute approximate surface area is 164 Å². The lowest BCUT2D eigenvalue weighted by molar-refractivity contribution is -0.145. The number of unbranched alkanes of at least 4 members (excludes halogenated alkanes) is 1. The molecule has 0 fully saturated rings. The van der Waals surface area contributed by atoms with Crippen molar-refractivity contribution in [2.75, 3.05) is 0 Å². The first-order valence-electron chi connectivity index (χ1n) is 10.2. The fourth-order valence-corrected chi connectivity index (χ4v) is 3.71. The Balaban J connectivity index is 2.42. The molecule has 0 spiro atoms. The van der Waals surface area contributed by atoms with E-state index in [4.69, 9.17) is 4.74 Å². The molecule has 0 saturated carbocycles. The van der Waals surface area contributed by atoms with E-state index in [1.807, 2.05) is 32.0 Å². The third kappa shape index (κ3) is 5.31. The first kappa shape index (κ1) is 21.4. The van der Waals surface area contributed by atoms with Crippen molar-refractivity contribution in [1.29, 1.82) is 0 Å². The number of benzene rings is 1. The van der Waals surface area contributed by atoms with Crippen molar-refractivity contribution >= 4 is 17.3 Å². The van der Waals surface area contributed by atoms with Gasteiger partial charge in [0, 0.05) is 12.8 Å². The number of allylic oxidation sites excluding steroid dienone is 2. The summed E-state index contributed by atoms with van der Waals surface area (Å²) >= 11 is 0. The molecule has 1 aromatic carbocycles. The second-order valence-electron chi connectivity index (χ2n) is 8.71. The molecule has 1 unspecified atom stereocenters. The lowest BCUT2D eigenvalue weighted by Gasteiger charge is -2.32. The smallest absolute Gasteiger partial charge is 0.314 e. The van der Waals surface area contributed by atoms with Gasteiger partial charge in [-0.1, -0.05) is 58.7 Å². The van der Waals surface area contributed by atoms with Crippen LogP contribution in [0.3, 0.4) is 0 Å². The Morgan fingerprint density at radius 1 is 1.15 bits per heavy atom. The molecular formula is C24H34O3. The minimum atomic E-state index is -0.193. The SMILES string of the molecule is CCCCC(CC)C(=O)OC1=C(c2ccc(C)c(C)c2)C(=O)CC(C)(C)C1. The van der Waals surface area contributed by atoms with Gasteiger partial charge in [-0.05, 0) is 48.8 Å². The average molecular weight is 371 g/mol. The molecular weight excluding hydrogens is 336 g/mol. The summed E-state index contributed by atoms with van der Waals surface area (Å²) in [5.41, 5.74) is 3.59. The summed E-state index contributed by atoms with van der Waals surface area (Å²) in [6.07, 6.45) is 4.77. The number of carbonyl (C=O) groups excluding carboxylic acids is 2. The van der Waals surface area contributed by atoms with E-state index in [9.17, 15) is 9.59 Å². The Bertz CT molecular complexity index is 740. The number of carbonyl (C=O) groups is 2. The van der Waals surface area contributed by atoms with Crippen molar-refractivity contribution < 1.29 is 14.3 Å². The van der Waals surface area contributed by atoms with Crippen LogP contribution in [0.25, 0.3) is 5.57 Å². The van der Waals surface area contributed by atoms with Gasteiger partial charge >= 0.3 is 5.97 Å². The van der Waals surface area contributed by atoms with Gasteiger partial charge in [-0.25, -0.2) is 0 Å². The van der Waals surface area contributed by atoms with Gasteiger partial charge in [-0.3, -0.25) is 9.59 Å². The zero-order chi connectivity index (χ0) is 20.2. The van der Waals surface area contributed by atoms with Crippen molar-refractivity contribution in [2.45, 2.75) is 80.1 Å². The first-order chi connectivity index (χ1) is 12.7. The molecule has 0 saturated heterocycles. The maximum absolute atomic E-state index is 13.0. The van der Waals surface area contributed by atoms with E-state index >= 15 is 0 Å². The van der Waals surface area contributed by atoms with Crippen molar-refractivity contribution in [3.8, 4) is 0 Å². The second kappa shape index (κ2) is 8.86. The van der Waals surface area contributed by atoms with E-state index < -0.39 is 0 Å². The molecule has 0 amide bonds. The van der Waals surface area contributed by atoms with Crippen molar-refractivity contribution in [1.82, 2.24) is 0 Å². The highest BCUT2D eigenvalue weighted by Gasteiger charge is 2.36. The summed E-state index contributed by atoms with van der Waals surface area (Å²) in [5.74, 6) is 0.338. The predicted molar refractivity (Wildman–Crippen MR) is 110 cm³/mol. The van der Waals surface area contributed by atoms with Crippen LogP contribution in [-0.4, -0.2) is 11.8 Å². The lowest BCUT2D eigenvalue weighted by atomic mass is 9.75. The summed E-state index contributed by atoms with van der Waals surface area (Å²) in [5, 5.41) is 0. The third-order valence-corrected chi connectivity index (χ3v) is 5.59. The number of Topliss-reactive ketones (excluding diaryl/α,β-unsaturated/α-hetero) is 1. The van der Waals surface area contributed by atoms with Gasteiger partial charge in [0.05, 0.1) is 11.5 Å². The molecule has 148 valence electrons. The van der Waals surface area contributed by atoms with Crippen molar-refractivity contribution in [3.63, 3.8) is 0 Å². The number of aryl methyl sites for hydroxylation is 2. The zero-order valence-corrected chi connectivity index (χ0v) is 17.8. The average Bonchev–Trinajstić information content (AvgIpc) is 2.57. The molecule has 0 aromatic heterocycles. The Hall–Kier alpha value is -1.90. The van der Waals surface area contributed by atoms with Gasteiger partial charge in [-0.15, -0.1) is 0 Å². The predicted octanol–water partition coefficient (Wildman–Crippen LogP) is 6.16. The van der Waals surface area contributed by atoms with Gasteiger partial charge in [-0.2, -0.15) is 0 Å². The highest BCUT2D eigenvalue weighted by Crippen LogP contribution is 2.41. The third-order valence-electron chi connectivity index (χ3n) is 5.59. The van der Waals surface area contributed by atoms with Crippen LogP contribution < -0.4 is 0 Å². The van der Waals surface area contributed by atoms with Crippen molar-refractivity contribution in [2.24, 2.45) is 11.3 Å². The van der Waals surface area contributed by atoms with E-state index in [0.717, 1.165) is 36.8 Å². The summed E-state index contributed by atoms with van der Waals surface area (Å²) in [6.45, 7) is 12.4. The van der Waals surface area contributed by atoms with E-state index in [2.05, 4.69) is 27.7 Å². The van der Waals surface area contributed by atoms with Crippen LogP contribution >= 0.6 is 0 Å². The van der Waals surface area contributed by atoms with Crippen LogP contribution in [-0.2, 0) is 14.3 Å². The van der Waals surface area contributed by atoms with Crippen LogP contribution in [0.5, 0.6) is 0 Å². The first-order valence-corrected chi connectivity index (χ1v) is 10.2. The fraction of sp³-hybridized carbons (Fsp3) is 0.583. The fourth-order valence-electron chi connectivity index (χ4n) is 3.71. The van der Waals surface area contributed by atoms with Gasteiger partial charge in [0.15, 0.2) is 5.78 Å². The molecule has 0 heterocycles. The second-order valence-corrected chi connectivity index (χ2v) is 8.71. The summed E-state index contributed by atoms with van der Waals surface area (Å²) in [7, 11) is 0. The molecule has 1 aromatic rings. The number of ketones is 1. The molecule has 1 aliphatic carbocycles. The summed E-state index contributed by atoms with van der Waals surface area (Å²) in [6, 6.07) is 6.03. The zero-order valence-electron chi connectivity index (χ0n) is 17.8. The minimum absolute atomic E-state index is 0.0684. The standard InChI is InChI=1S/C24H34O3/c1-7-9-10-18(8-2)23(26)27-21-15-24(5,6)14-20(25)22(21)19-12-11-16(3)17(4)13-19/h11-13,18H,7-10,14-15H2,1-6H3. The highest BCUT2D eigenvalue weighted by atomic mass is 16.5. The maximum atomic E-state index is 13.0. The molecule has 3 heteroatoms. The number of hydrogen-bond acceptors (Lipinski definition) is 3. The van der Waals surface area contributed by atoms with Crippen LogP contribution in [0.4, 0.5) is 0 Å². The normalized spacial score (nSPS) is 17.8. The van der Waals surface area contributed by atoms with Gasteiger partial charge < -0.3 is 4.74 Å². The van der Waals surface area contributed by atoms with Crippen LogP contribution in [0.1, 0.15) is 82.9 Å². The Morgan fingerprint density at radius 3 is 2.44 bits per heavy atom. The van der Waals surface area contributed by atoms with E-state index in [0.29, 0.717) is 24.2 Å². The number of hydrogen-bond donors (Lipinski definition) is 0. The largest absolute Gasteiger partial charge is 0.430 e. The van der Waals surface area contributed by atoms with Crippen LogP contribution in [0, 0.1) is 25.2 Å². The van der Waals surface area contributed by atoms with Crippen molar-refractivity contribution in [3.05, 3.63) is 40.6 Å². The molecule has 27 heavy (non-hydrogen) atoms. The number of esters is 1. The number of rotatable bonds is 7. The monoisotopic (exact) mass is 370 g/mol. The number of ether oxygens (including phenoxy) is 1. The van der Waals surface area contributed by atoms with E-state index in [1.54, 1.807) is 0 Å². The van der Waals surface area contributed by atoms with Gasteiger partial charge in [0.1, 0.15) is 5.76 Å². The van der Waals surface area contributed by atoms with E-state index in [-0.39, 0.29) is 23.1 Å². The van der Waals surface area contributed by atoms with Crippen LogP contribution in [0.15, 0.2) is 24.0 Å². The molecule has 0 aliphatic heterocycles. The molecule has 0 N–H and O–H groups in total. The molecule has 0 bridgehead atoms. The Morgan fingerprint density at radius 2 is 1.85 bits per heavy atom. The molecule has 2 rings (SSSR count). The molecule has 1 aliphatic rings. The molecule has 1 atom stereocenters. The van der Waals surface area contributed by atoms with Gasteiger partial charge in [0.2, 0.25) is 0 Å². The minimum Gasteiger partial charge on any atom is -0.430 e. The van der Waals surface area contributed by atoms with E-state index in [1.165, 1.54) is 5.56 Å².